The van der Waals surface area contributed by atoms with Crippen molar-refractivity contribution >= 4 is 17.9 Å². The van der Waals surface area contributed by atoms with E-state index in [1.165, 1.54) is 199 Å². The van der Waals surface area contributed by atoms with E-state index in [0.717, 1.165) is 96.3 Å². The van der Waals surface area contributed by atoms with Crippen LogP contribution in [-0.4, -0.2) is 37.2 Å². The second-order valence-electron chi connectivity index (χ2n) is 23.4. The summed E-state index contributed by atoms with van der Waals surface area (Å²) in [4.78, 5) is 38.4. The van der Waals surface area contributed by atoms with E-state index in [2.05, 4.69) is 124 Å². The summed E-state index contributed by atoms with van der Waals surface area (Å²) in [6, 6.07) is 0. The van der Waals surface area contributed by atoms with Gasteiger partial charge in [-0.05, 0) is 89.9 Å². The van der Waals surface area contributed by atoms with E-state index in [1.54, 1.807) is 0 Å². The first-order valence-corrected chi connectivity index (χ1v) is 35.4. The summed E-state index contributed by atoms with van der Waals surface area (Å²) in [7, 11) is 0. The predicted molar refractivity (Wildman–Crippen MR) is 362 cm³/mol. The normalized spacial score (nSPS) is 12.8. The second-order valence-corrected chi connectivity index (χ2v) is 23.4. The molecule has 0 bridgehead atoms. The fourth-order valence-electron chi connectivity index (χ4n) is 10.1. The van der Waals surface area contributed by atoms with E-state index in [4.69, 9.17) is 14.2 Å². The lowest BCUT2D eigenvalue weighted by Crippen LogP contribution is -2.30. The molecule has 0 aliphatic rings. The van der Waals surface area contributed by atoms with Crippen molar-refractivity contribution in [1.82, 2.24) is 0 Å². The standard InChI is InChI=1S/C77H132O6/c1-4-7-10-13-16-19-22-25-27-29-31-33-34-35-36-37-38-39-40-41-42-44-45-47-49-52-55-58-61-64-67-70-76(79)82-73-74(72-81-75(78)69-66-63-60-57-54-51-24-21-18-15-12-9-6-3)83-77(80)71-68-65-62-59-56-53-50-48-46-43-32-30-28-26-23-20-17-14-11-8-5-2/h7,9-10,12,16,18-19,21,25,27,31,33,35-36,51,54,60,63,74H,4-6,8,11,13-15,17,20,22-24,26,28-30,32,34,37-50,52-53,55-59,61-62,64-73H2,1-3H3/b10-7-,12-9-,19-16-,21-18-,27-25-,33-31-,36-35-,54-51-,63-60-. The number of ether oxygens (including phenoxy) is 3. The first-order valence-electron chi connectivity index (χ1n) is 35.4. The molecular formula is C77H132O6. The molecule has 0 amide bonds. The Morgan fingerprint density at radius 2 is 0.494 bits per heavy atom. The van der Waals surface area contributed by atoms with Crippen LogP contribution in [0.1, 0.15) is 342 Å². The minimum absolute atomic E-state index is 0.0968. The Kier molecular flexibility index (Phi) is 67.2. The summed E-state index contributed by atoms with van der Waals surface area (Å²) in [6.45, 7) is 6.39. The van der Waals surface area contributed by atoms with Crippen molar-refractivity contribution in [3.05, 3.63) is 109 Å². The van der Waals surface area contributed by atoms with E-state index >= 15 is 0 Å². The molecule has 1 unspecified atom stereocenters. The van der Waals surface area contributed by atoms with Crippen molar-refractivity contribution in [3.63, 3.8) is 0 Å². The number of esters is 3. The summed E-state index contributed by atoms with van der Waals surface area (Å²) >= 11 is 0. The van der Waals surface area contributed by atoms with Gasteiger partial charge in [0.15, 0.2) is 6.10 Å². The van der Waals surface area contributed by atoms with Gasteiger partial charge in [0.25, 0.3) is 0 Å². The summed E-state index contributed by atoms with van der Waals surface area (Å²) in [6.07, 6.45) is 97.1. The highest BCUT2D eigenvalue weighted by Gasteiger charge is 2.19. The van der Waals surface area contributed by atoms with E-state index in [1.807, 2.05) is 6.08 Å². The van der Waals surface area contributed by atoms with Crippen LogP contribution in [0.25, 0.3) is 0 Å². The van der Waals surface area contributed by atoms with Gasteiger partial charge >= 0.3 is 17.9 Å². The number of allylic oxidation sites excluding steroid dienone is 18. The molecule has 0 saturated carbocycles. The molecule has 6 nitrogen and oxygen atoms in total. The molecule has 0 fully saturated rings. The Hall–Kier alpha value is -3.93. The summed E-state index contributed by atoms with van der Waals surface area (Å²) in [5.41, 5.74) is 0. The van der Waals surface area contributed by atoms with Crippen molar-refractivity contribution < 1.29 is 28.6 Å². The van der Waals surface area contributed by atoms with E-state index < -0.39 is 6.10 Å². The van der Waals surface area contributed by atoms with Crippen LogP contribution >= 0.6 is 0 Å². The minimum Gasteiger partial charge on any atom is -0.462 e. The first-order chi connectivity index (χ1) is 41.0. The van der Waals surface area contributed by atoms with Crippen LogP contribution < -0.4 is 0 Å². The van der Waals surface area contributed by atoms with Crippen LogP contribution in [0.3, 0.4) is 0 Å². The maximum atomic E-state index is 12.9. The zero-order valence-corrected chi connectivity index (χ0v) is 54.7. The number of carbonyl (C=O) groups is 3. The summed E-state index contributed by atoms with van der Waals surface area (Å²) in [5, 5.41) is 0. The number of hydrogen-bond donors (Lipinski definition) is 0. The van der Waals surface area contributed by atoms with Gasteiger partial charge in [-0.1, -0.05) is 342 Å². The molecule has 0 aromatic carbocycles. The van der Waals surface area contributed by atoms with Gasteiger partial charge in [0, 0.05) is 19.3 Å². The average molecular weight is 1150 g/mol. The third-order valence-corrected chi connectivity index (χ3v) is 15.3. The van der Waals surface area contributed by atoms with Gasteiger partial charge in [0.05, 0.1) is 0 Å². The molecule has 0 aliphatic carbocycles. The molecule has 6 heteroatoms. The lowest BCUT2D eigenvalue weighted by molar-refractivity contribution is -0.166. The van der Waals surface area contributed by atoms with Gasteiger partial charge < -0.3 is 14.2 Å². The van der Waals surface area contributed by atoms with Gasteiger partial charge in [-0.3, -0.25) is 14.4 Å². The lowest BCUT2D eigenvalue weighted by Gasteiger charge is -2.18. The van der Waals surface area contributed by atoms with Crippen LogP contribution in [0, 0.1) is 0 Å². The van der Waals surface area contributed by atoms with Gasteiger partial charge in [0.2, 0.25) is 0 Å². The third kappa shape index (κ3) is 68.7. The SMILES string of the molecule is CC/C=C\C/C=C\C/C=C\C/C=C\C/C=C\CCCCCCCCCCCCCCCCCC(=O)OCC(COC(=O)CC/C=C\C/C=C\C/C=C\C/C=C\CC)OC(=O)CCCCCCCCCCCCCCCCCCCCCCC. The predicted octanol–water partition coefficient (Wildman–Crippen LogP) is 24.6. The van der Waals surface area contributed by atoms with Crippen molar-refractivity contribution in [2.75, 3.05) is 13.2 Å². The molecular weight excluding hydrogens is 1020 g/mol. The van der Waals surface area contributed by atoms with E-state index in [9.17, 15) is 14.4 Å². The monoisotopic (exact) mass is 1150 g/mol. The molecule has 0 heterocycles. The zero-order chi connectivity index (χ0) is 59.9. The fourth-order valence-corrected chi connectivity index (χ4v) is 10.1. The fraction of sp³-hybridized carbons (Fsp3) is 0.727. The Bertz CT molecular complexity index is 1660. The van der Waals surface area contributed by atoms with E-state index in [-0.39, 0.29) is 37.5 Å². The molecule has 0 spiro atoms. The average Bonchev–Trinajstić information content (AvgIpc) is 3.49. The quantitative estimate of drug-likeness (QED) is 0.0261. The molecule has 0 radical (unpaired) electrons. The number of rotatable bonds is 64. The van der Waals surface area contributed by atoms with Crippen molar-refractivity contribution in [2.45, 2.75) is 348 Å². The van der Waals surface area contributed by atoms with Gasteiger partial charge in [0.1, 0.15) is 13.2 Å². The number of hydrogen-bond acceptors (Lipinski definition) is 6. The number of carbonyl (C=O) groups excluding carboxylic acids is 3. The smallest absolute Gasteiger partial charge is 0.306 e. The van der Waals surface area contributed by atoms with E-state index in [0.29, 0.717) is 19.3 Å². The molecule has 1 atom stereocenters. The molecule has 0 saturated heterocycles. The highest BCUT2D eigenvalue weighted by molar-refractivity contribution is 5.71. The highest BCUT2D eigenvalue weighted by Crippen LogP contribution is 2.18. The first kappa shape index (κ1) is 79.1. The topological polar surface area (TPSA) is 78.9 Å². The van der Waals surface area contributed by atoms with Crippen molar-refractivity contribution in [2.24, 2.45) is 0 Å². The van der Waals surface area contributed by atoms with Gasteiger partial charge in [-0.15, -0.1) is 0 Å². The zero-order valence-electron chi connectivity index (χ0n) is 54.7. The summed E-state index contributed by atoms with van der Waals surface area (Å²) < 4.78 is 16.9. The van der Waals surface area contributed by atoms with Crippen LogP contribution in [0.5, 0.6) is 0 Å². The molecule has 83 heavy (non-hydrogen) atoms. The van der Waals surface area contributed by atoms with Crippen LogP contribution in [0.2, 0.25) is 0 Å². The molecule has 0 aromatic heterocycles. The van der Waals surface area contributed by atoms with Crippen molar-refractivity contribution in [1.29, 1.82) is 0 Å². The second kappa shape index (κ2) is 70.6. The maximum Gasteiger partial charge on any atom is 0.306 e. The third-order valence-electron chi connectivity index (χ3n) is 15.3. The van der Waals surface area contributed by atoms with Crippen LogP contribution in [0.4, 0.5) is 0 Å². The number of unbranched alkanes of at least 4 members (excludes halogenated alkanes) is 35. The lowest BCUT2D eigenvalue weighted by atomic mass is 10.0. The Morgan fingerprint density at radius 1 is 0.253 bits per heavy atom. The molecule has 0 rings (SSSR count). The highest BCUT2D eigenvalue weighted by atomic mass is 16.6. The Balaban J connectivity index is 4.25. The molecule has 0 aliphatic heterocycles. The maximum absolute atomic E-state index is 12.9. The summed E-state index contributed by atoms with van der Waals surface area (Å²) in [5.74, 6) is -0.966. The van der Waals surface area contributed by atoms with Gasteiger partial charge in [-0.2, -0.15) is 0 Å². The van der Waals surface area contributed by atoms with Crippen LogP contribution in [0.15, 0.2) is 109 Å². The Labute approximate surface area is 514 Å². The van der Waals surface area contributed by atoms with Gasteiger partial charge in [-0.25, -0.2) is 0 Å². The van der Waals surface area contributed by atoms with Crippen molar-refractivity contribution in [3.8, 4) is 0 Å². The van der Waals surface area contributed by atoms with Crippen LogP contribution in [-0.2, 0) is 28.6 Å². The molecule has 0 N–H and O–H groups in total. The Morgan fingerprint density at radius 3 is 0.807 bits per heavy atom. The molecule has 476 valence electrons. The minimum atomic E-state index is -0.807. The largest absolute Gasteiger partial charge is 0.462 e. The molecule has 0 aromatic rings.